The molecule has 7 heteroatoms. The largest absolute Gasteiger partial charge is 0.507 e. The number of nitrogens with zero attached hydrogens (tertiary/aromatic N) is 1. The lowest BCUT2D eigenvalue weighted by atomic mass is 10.1. The van der Waals surface area contributed by atoms with Gasteiger partial charge in [-0.15, -0.1) is 0 Å². The maximum absolute atomic E-state index is 12.7. The van der Waals surface area contributed by atoms with E-state index in [0.717, 1.165) is 6.42 Å². The molecule has 0 bridgehead atoms. The minimum absolute atomic E-state index is 0.0165. The molecule has 1 amide bonds. The van der Waals surface area contributed by atoms with Gasteiger partial charge in [0.15, 0.2) is 5.11 Å². The van der Waals surface area contributed by atoms with Crippen LogP contribution in [-0.4, -0.2) is 22.7 Å². The molecular weight excluding hydrogens is 372 g/mol. The molecule has 1 heterocycles. The molecule has 0 aromatic heterocycles. The van der Waals surface area contributed by atoms with Crippen molar-refractivity contribution in [3.8, 4) is 11.5 Å². The summed E-state index contributed by atoms with van der Waals surface area (Å²) in [5.74, 6) is 0.252. The van der Waals surface area contributed by atoms with Crippen LogP contribution in [-0.2, 0) is 4.79 Å². The van der Waals surface area contributed by atoms with Gasteiger partial charge in [0.25, 0.3) is 5.91 Å². The number of nitrogens with one attached hydrogen (secondary N) is 1. The summed E-state index contributed by atoms with van der Waals surface area (Å²) < 4.78 is 5.48. The lowest BCUT2D eigenvalue weighted by molar-refractivity contribution is -0.113. The normalized spacial score (nSPS) is 15.5. The zero-order chi connectivity index (χ0) is 18.7. The summed E-state index contributed by atoms with van der Waals surface area (Å²) in [4.78, 5) is 14.1. The molecule has 0 radical (unpaired) electrons. The zero-order valence-electron chi connectivity index (χ0n) is 14.0. The van der Waals surface area contributed by atoms with Crippen LogP contribution >= 0.6 is 23.8 Å². The van der Waals surface area contributed by atoms with Gasteiger partial charge in [0, 0.05) is 11.6 Å². The van der Waals surface area contributed by atoms with Gasteiger partial charge < -0.3 is 15.2 Å². The molecule has 0 spiro atoms. The number of hydrogen-bond acceptors (Lipinski definition) is 4. The fourth-order valence-electron chi connectivity index (χ4n) is 2.50. The number of carbonyl (C=O) groups is 1. The van der Waals surface area contributed by atoms with Gasteiger partial charge in [-0.05, 0) is 49.0 Å². The number of amides is 1. The highest BCUT2D eigenvalue weighted by atomic mass is 35.5. The molecule has 0 saturated carbocycles. The molecule has 26 heavy (non-hydrogen) atoms. The number of aromatic hydroxyl groups is 1. The molecular formula is C19H17ClN2O3S. The number of anilines is 1. The molecule has 134 valence electrons. The number of ether oxygens (including phenoxy) is 1. The summed E-state index contributed by atoms with van der Waals surface area (Å²) in [7, 11) is 0. The van der Waals surface area contributed by atoms with Crippen LogP contribution in [0, 0.1) is 0 Å². The Morgan fingerprint density at radius 3 is 2.77 bits per heavy atom. The Bertz CT molecular complexity index is 898. The van der Waals surface area contributed by atoms with Crippen LogP contribution < -0.4 is 15.0 Å². The van der Waals surface area contributed by atoms with Crippen LogP contribution in [0.4, 0.5) is 5.69 Å². The molecule has 5 nitrogen and oxygen atoms in total. The molecule has 1 aliphatic heterocycles. The van der Waals surface area contributed by atoms with Gasteiger partial charge in [-0.3, -0.25) is 9.69 Å². The highest BCUT2D eigenvalue weighted by Gasteiger charge is 2.33. The fourth-order valence-corrected chi connectivity index (χ4v) is 3.01. The predicted octanol–water partition coefficient (Wildman–Crippen LogP) is 4.10. The quantitative estimate of drug-likeness (QED) is 0.596. The molecule has 1 saturated heterocycles. The number of thiocarbonyl (C=S) groups is 1. The van der Waals surface area contributed by atoms with Gasteiger partial charge in [-0.25, -0.2) is 0 Å². The summed E-state index contributed by atoms with van der Waals surface area (Å²) in [5.41, 5.74) is 1.24. The molecule has 2 aromatic carbocycles. The van der Waals surface area contributed by atoms with Crippen molar-refractivity contribution in [2.24, 2.45) is 0 Å². The number of phenolic OH excluding ortho intramolecular Hbond substituents is 1. The van der Waals surface area contributed by atoms with E-state index in [1.807, 2.05) is 6.92 Å². The van der Waals surface area contributed by atoms with Crippen molar-refractivity contribution in [2.75, 3.05) is 11.5 Å². The van der Waals surface area contributed by atoms with Gasteiger partial charge in [0.2, 0.25) is 0 Å². The van der Waals surface area contributed by atoms with Crippen molar-refractivity contribution in [3.05, 3.63) is 58.7 Å². The van der Waals surface area contributed by atoms with Crippen molar-refractivity contribution >= 4 is 46.6 Å². The molecule has 0 aliphatic carbocycles. The van der Waals surface area contributed by atoms with E-state index >= 15 is 0 Å². The van der Waals surface area contributed by atoms with Crippen LogP contribution in [0.3, 0.4) is 0 Å². The van der Waals surface area contributed by atoms with E-state index in [2.05, 4.69) is 5.32 Å². The van der Waals surface area contributed by atoms with Crippen LogP contribution in [0.1, 0.15) is 18.9 Å². The van der Waals surface area contributed by atoms with Crippen molar-refractivity contribution < 1.29 is 14.6 Å². The van der Waals surface area contributed by atoms with Crippen LogP contribution in [0.5, 0.6) is 11.5 Å². The van der Waals surface area contributed by atoms with Gasteiger partial charge in [-0.1, -0.05) is 30.7 Å². The number of phenols is 1. The third kappa shape index (κ3) is 3.66. The third-order valence-electron chi connectivity index (χ3n) is 3.75. The zero-order valence-corrected chi connectivity index (χ0v) is 15.6. The second kappa shape index (κ2) is 7.76. The highest BCUT2D eigenvalue weighted by Crippen LogP contribution is 2.31. The van der Waals surface area contributed by atoms with E-state index < -0.39 is 0 Å². The summed E-state index contributed by atoms with van der Waals surface area (Å²) in [6.07, 6.45) is 2.42. The Morgan fingerprint density at radius 1 is 1.31 bits per heavy atom. The number of para-hydroxylation sites is 1. The van der Waals surface area contributed by atoms with E-state index in [-0.39, 0.29) is 22.5 Å². The Morgan fingerprint density at radius 2 is 2.08 bits per heavy atom. The maximum Gasteiger partial charge on any atom is 0.281 e. The standard InChI is InChI=1S/C19H17ClN2O3S/c1-2-9-25-13-8-7-12(17(23)11-13)10-15-18(24)22(19(26)21-15)16-6-4-3-5-14(16)20/h3-8,10-11,23H,2,9H2,1H3,(H,21,26)/b15-10-. The van der Waals surface area contributed by atoms with Crippen molar-refractivity contribution in [1.29, 1.82) is 0 Å². The Kier molecular flexibility index (Phi) is 5.44. The minimum atomic E-state index is -0.339. The summed E-state index contributed by atoms with van der Waals surface area (Å²) >= 11 is 11.4. The van der Waals surface area contributed by atoms with E-state index in [1.165, 1.54) is 11.0 Å². The van der Waals surface area contributed by atoms with Crippen molar-refractivity contribution in [1.82, 2.24) is 5.32 Å². The van der Waals surface area contributed by atoms with Crippen LogP contribution in [0.15, 0.2) is 48.2 Å². The monoisotopic (exact) mass is 388 g/mol. The predicted molar refractivity (Wildman–Crippen MR) is 107 cm³/mol. The number of carbonyl (C=O) groups excluding carboxylic acids is 1. The lowest BCUT2D eigenvalue weighted by Gasteiger charge is -2.15. The number of halogens is 1. The molecule has 1 aliphatic rings. The van der Waals surface area contributed by atoms with Gasteiger partial charge in [-0.2, -0.15) is 0 Å². The second-order valence-corrected chi connectivity index (χ2v) is 6.44. The molecule has 2 aromatic rings. The van der Waals surface area contributed by atoms with Gasteiger partial charge in [0.1, 0.15) is 17.2 Å². The van der Waals surface area contributed by atoms with Gasteiger partial charge in [0.05, 0.1) is 17.3 Å². The molecule has 1 fully saturated rings. The number of benzene rings is 2. The van der Waals surface area contributed by atoms with Crippen molar-refractivity contribution in [3.63, 3.8) is 0 Å². The van der Waals surface area contributed by atoms with E-state index in [0.29, 0.717) is 28.6 Å². The van der Waals surface area contributed by atoms with Gasteiger partial charge >= 0.3 is 0 Å². The highest BCUT2D eigenvalue weighted by molar-refractivity contribution is 7.80. The first-order valence-electron chi connectivity index (χ1n) is 8.08. The number of rotatable bonds is 5. The topological polar surface area (TPSA) is 61.8 Å². The molecule has 2 N–H and O–H groups in total. The molecule has 0 unspecified atom stereocenters. The third-order valence-corrected chi connectivity index (χ3v) is 4.35. The van der Waals surface area contributed by atoms with Crippen LogP contribution in [0.2, 0.25) is 5.02 Å². The molecule has 0 atom stereocenters. The van der Waals surface area contributed by atoms with E-state index in [4.69, 9.17) is 28.6 Å². The Balaban J connectivity index is 1.88. The fraction of sp³-hybridized carbons (Fsp3) is 0.158. The molecule has 3 rings (SSSR count). The van der Waals surface area contributed by atoms with E-state index in [1.54, 1.807) is 42.5 Å². The number of hydrogen-bond donors (Lipinski definition) is 2. The first-order chi connectivity index (χ1) is 12.5. The Labute approximate surface area is 161 Å². The first-order valence-corrected chi connectivity index (χ1v) is 8.87. The average molecular weight is 389 g/mol. The SMILES string of the molecule is CCCOc1ccc(/C=C2\NC(=S)N(c3ccccc3Cl)C2=O)c(O)c1. The van der Waals surface area contributed by atoms with Crippen molar-refractivity contribution in [2.45, 2.75) is 13.3 Å². The summed E-state index contributed by atoms with van der Waals surface area (Å²) in [5, 5.41) is 13.7. The smallest absolute Gasteiger partial charge is 0.281 e. The summed E-state index contributed by atoms with van der Waals surface area (Å²) in [6, 6.07) is 11.9. The minimum Gasteiger partial charge on any atom is -0.507 e. The first kappa shape index (κ1) is 18.2. The van der Waals surface area contributed by atoms with Crippen LogP contribution in [0.25, 0.3) is 6.08 Å². The van der Waals surface area contributed by atoms with E-state index in [9.17, 15) is 9.90 Å². The maximum atomic E-state index is 12.7. The lowest BCUT2D eigenvalue weighted by Crippen LogP contribution is -2.30. The summed E-state index contributed by atoms with van der Waals surface area (Å²) in [6.45, 7) is 2.57. The second-order valence-electron chi connectivity index (χ2n) is 5.65. The Hall–Kier alpha value is -2.57. The average Bonchev–Trinajstić information content (AvgIpc) is 2.89.